The van der Waals surface area contributed by atoms with Crippen molar-refractivity contribution < 1.29 is 19.1 Å². The third kappa shape index (κ3) is 11.8. The van der Waals surface area contributed by atoms with Crippen LogP contribution >= 0.6 is 31.9 Å². The number of carbonyl (C=O) groups is 2. The van der Waals surface area contributed by atoms with E-state index in [1.54, 1.807) is 24.3 Å². The molecule has 0 saturated heterocycles. The van der Waals surface area contributed by atoms with Crippen molar-refractivity contribution in [2.24, 2.45) is 0 Å². The zero-order chi connectivity index (χ0) is 38.5. The smallest absolute Gasteiger partial charge is 0.270 e. The number of hydrogen-bond donors (Lipinski definition) is 0. The number of hydrogen-bond acceptors (Lipinski definition) is 8. The zero-order valence-electron chi connectivity index (χ0n) is 29.7. The van der Waals surface area contributed by atoms with E-state index in [0.29, 0.717) is 35.8 Å². The summed E-state index contributed by atoms with van der Waals surface area (Å²) in [6.07, 6.45) is 2.90. The summed E-state index contributed by atoms with van der Waals surface area (Å²) in [5, 5.41) is 8.11. The Labute approximate surface area is 329 Å². The van der Waals surface area contributed by atoms with Gasteiger partial charge in [-0.1, -0.05) is 141 Å². The summed E-state index contributed by atoms with van der Waals surface area (Å²) in [6, 6.07) is 36.6. The minimum atomic E-state index is -0.375. The molecule has 4 aromatic carbocycles. The van der Waals surface area contributed by atoms with Crippen molar-refractivity contribution >= 4 is 43.4 Å². The number of rotatable bonds is 14. The number of Topliss-reactive ketones (excluding diaryl/α,β-unsaturated/α-hetero) is 2. The maximum absolute atomic E-state index is 12.4. The minimum absolute atomic E-state index is 0.110. The summed E-state index contributed by atoms with van der Waals surface area (Å²) in [7, 11) is 0. The van der Waals surface area contributed by atoms with Gasteiger partial charge in [0, 0.05) is 32.9 Å². The lowest BCUT2D eigenvalue weighted by Crippen LogP contribution is -2.26. The first-order valence-corrected chi connectivity index (χ1v) is 18.9. The molecule has 0 amide bonds. The van der Waals surface area contributed by atoms with Gasteiger partial charge in [0.1, 0.15) is 37.8 Å². The normalized spacial score (nSPS) is 11.8. The highest BCUT2D eigenvalue weighted by molar-refractivity contribution is 9.09. The van der Waals surface area contributed by atoms with E-state index >= 15 is 0 Å². The van der Waals surface area contributed by atoms with Gasteiger partial charge in [-0.25, -0.2) is 9.36 Å². The van der Waals surface area contributed by atoms with Gasteiger partial charge in [-0.15, -0.1) is 0 Å². The van der Waals surface area contributed by atoms with E-state index in [1.165, 1.54) is 24.5 Å². The third-order valence-electron chi connectivity index (χ3n) is 8.16. The van der Waals surface area contributed by atoms with E-state index < -0.39 is 0 Å². The summed E-state index contributed by atoms with van der Waals surface area (Å²) in [5.41, 5.74) is 4.51. The van der Waals surface area contributed by atoms with Crippen LogP contribution in [0.2, 0.25) is 0 Å². The molecule has 0 saturated carbocycles. The number of aromatic nitrogens is 4. The van der Waals surface area contributed by atoms with Crippen LogP contribution in [0, 0.1) is 0 Å². The molecule has 0 fully saturated rings. The predicted octanol–water partition coefficient (Wildman–Crippen LogP) is 8.32. The maximum Gasteiger partial charge on any atom is 0.270 e. The molecule has 0 bridgehead atoms. The lowest BCUT2D eigenvalue weighted by molar-refractivity contribution is 0.0957. The van der Waals surface area contributed by atoms with Gasteiger partial charge in [-0.2, -0.15) is 10.2 Å². The lowest BCUT2D eigenvalue weighted by Gasteiger charge is -2.08. The molecule has 10 nitrogen and oxygen atoms in total. The van der Waals surface area contributed by atoms with Crippen LogP contribution in [0.15, 0.2) is 143 Å². The predicted molar refractivity (Wildman–Crippen MR) is 215 cm³/mol. The van der Waals surface area contributed by atoms with Crippen molar-refractivity contribution in [1.29, 1.82) is 0 Å². The van der Waals surface area contributed by atoms with Gasteiger partial charge in [-0.05, 0) is 36.1 Å². The van der Waals surface area contributed by atoms with Crippen LogP contribution in [0.25, 0.3) is 0 Å². The second kappa shape index (κ2) is 19.6. The Morgan fingerprint density at radius 2 is 0.926 bits per heavy atom. The van der Waals surface area contributed by atoms with E-state index in [2.05, 4.69) is 42.1 Å². The molecular formula is C42H38Br2N4O6. The van der Waals surface area contributed by atoms with Crippen LogP contribution in [-0.4, -0.2) is 31.1 Å². The second-order valence-corrected chi connectivity index (χ2v) is 15.0. The van der Waals surface area contributed by atoms with E-state index in [0.717, 1.165) is 31.6 Å². The lowest BCUT2D eigenvalue weighted by atomic mass is 10.1. The molecule has 12 heteroatoms. The topological polar surface area (TPSA) is 122 Å². The molecule has 0 radical (unpaired) electrons. The van der Waals surface area contributed by atoms with Crippen LogP contribution in [0.3, 0.4) is 0 Å². The van der Waals surface area contributed by atoms with Gasteiger partial charge in [0.2, 0.25) is 0 Å². The highest BCUT2D eigenvalue weighted by atomic mass is 79.9. The quantitative estimate of drug-likeness (QED) is 0.0793. The summed E-state index contributed by atoms with van der Waals surface area (Å²) in [6.45, 7) is 4.51. The molecule has 6 rings (SSSR count). The Kier molecular flexibility index (Phi) is 14.4. The zero-order valence-corrected chi connectivity index (χ0v) is 32.9. The van der Waals surface area contributed by atoms with Crippen LogP contribution in [0.1, 0.15) is 66.5 Å². The average molecular weight is 855 g/mol. The summed E-state index contributed by atoms with van der Waals surface area (Å²) >= 11 is 6.98. The van der Waals surface area contributed by atoms with Crippen molar-refractivity contribution in [2.45, 2.75) is 49.8 Å². The fourth-order valence-electron chi connectivity index (χ4n) is 5.03. The van der Waals surface area contributed by atoms with Crippen molar-refractivity contribution in [3.05, 3.63) is 188 Å². The highest BCUT2D eigenvalue weighted by Crippen LogP contribution is 2.23. The SMILES string of the molecule is CC(Br)c1ccc(C(=O)Cn2ncc(OCc3ccccc3)cc2=O)cc1.CC(Br)c1ccc(C(=O)Cn2ncc(OCc3ccccc3)cc2=O)cc1. The van der Waals surface area contributed by atoms with E-state index in [1.807, 2.05) is 98.8 Å². The Morgan fingerprint density at radius 1 is 0.574 bits per heavy atom. The number of carbonyl (C=O) groups excluding carboxylic acids is 2. The van der Waals surface area contributed by atoms with Gasteiger partial charge in [0.25, 0.3) is 11.1 Å². The highest BCUT2D eigenvalue weighted by Gasteiger charge is 2.12. The van der Waals surface area contributed by atoms with Gasteiger partial charge < -0.3 is 9.47 Å². The average Bonchev–Trinajstić information content (AvgIpc) is 3.19. The van der Waals surface area contributed by atoms with Crippen LogP contribution < -0.4 is 20.6 Å². The third-order valence-corrected chi connectivity index (χ3v) is 9.21. The van der Waals surface area contributed by atoms with Crippen molar-refractivity contribution in [2.75, 3.05) is 0 Å². The van der Waals surface area contributed by atoms with Crippen LogP contribution in [0.4, 0.5) is 0 Å². The first-order valence-electron chi connectivity index (χ1n) is 17.1. The van der Waals surface area contributed by atoms with E-state index in [-0.39, 0.29) is 45.4 Å². The second-order valence-electron chi connectivity index (χ2n) is 12.2. The van der Waals surface area contributed by atoms with E-state index in [4.69, 9.17) is 9.47 Å². The molecular weight excluding hydrogens is 816 g/mol. The molecule has 0 spiro atoms. The van der Waals surface area contributed by atoms with Crippen molar-refractivity contribution in [3.63, 3.8) is 0 Å². The Hall–Kier alpha value is -5.46. The molecule has 6 aromatic rings. The molecule has 2 unspecified atom stereocenters. The number of halogens is 2. The molecule has 0 N–H and O–H groups in total. The van der Waals surface area contributed by atoms with Crippen LogP contribution in [-0.2, 0) is 26.3 Å². The molecule has 2 aromatic heterocycles. The fraction of sp³-hybridized carbons (Fsp3) is 0.190. The monoisotopic (exact) mass is 852 g/mol. The Morgan fingerprint density at radius 3 is 1.24 bits per heavy atom. The molecule has 0 aliphatic heterocycles. The van der Waals surface area contributed by atoms with E-state index in [9.17, 15) is 19.2 Å². The van der Waals surface area contributed by atoms with Gasteiger partial charge in [-0.3, -0.25) is 19.2 Å². The van der Waals surface area contributed by atoms with Crippen molar-refractivity contribution in [3.8, 4) is 11.5 Å². The summed E-state index contributed by atoms with van der Waals surface area (Å²) in [4.78, 5) is 49.7. The first kappa shape index (κ1) is 39.7. The number of ketones is 2. The van der Waals surface area contributed by atoms with Gasteiger partial charge in [0.15, 0.2) is 11.6 Å². The first-order chi connectivity index (χ1) is 26.0. The summed E-state index contributed by atoms with van der Waals surface area (Å²) < 4.78 is 13.5. The molecule has 0 aliphatic rings. The fourth-order valence-corrected chi connectivity index (χ4v) is 5.64. The molecule has 54 heavy (non-hydrogen) atoms. The molecule has 2 atom stereocenters. The van der Waals surface area contributed by atoms with Gasteiger partial charge in [0.05, 0.1) is 12.4 Å². The van der Waals surface area contributed by atoms with Crippen molar-refractivity contribution in [1.82, 2.24) is 19.6 Å². The number of benzene rings is 4. The number of alkyl halides is 2. The Bertz CT molecular complexity index is 2100. The van der Waals surface area contributed by atoms with Crippen LogP contribution in [0.5, 0.6) is 11.5 Å². The summed E-state index contributed by atoms with van der Waals surface area (Å²) in [5.74, 6) is 0.416. The standard InChI is InChI=1S/2C21H19BrN2O3/c2*1-15(22)17-7-9-18(10-8-17)20(25)13-24-21(26)11-19(12-23-24)27-14-16-5-3-2-4-6-16/h2*2-12,15H,13-14H2,1H3. The minimum Gasteiger partial charge on any atom is -0.487 e. The van der Waals surface area contributed by atoms with Gasteiger partial charge >= 0.3 is 0 Å². The largest absolute Gasteiger partial charge is 0.487 e. The maximum atomic E-state index is 12.4. The molecule has 2 heterocycles. The number of nitrogens with zero attached hydrogens (tertiary/aromatic N) is 4. The molecule has 276 valence electrons. The Balaban J connectivity index is 0.000000208. The number of ether oxygens (including phenoxy) is 2. The molecule has 0 aliphatic carbocycles.